The molecule has 1 saturated heterocycles. The van der Waals surface area contributed by atoms with Gasteiger partial charge in [0.2, 0.25) is 0 Å². The SMILES string of the molecule is CC(C)NC(=O)c1nn(C)c2c1COC1(CCN(C(=O)NCCc3ccccc3)CC1)C2. The van der Waals surface area contributed by atoms with Crippen LogP contribution in [-0.4, -0.2) is 57.9 Å². The van der Waals surface area contributed by atoms with E-state index in [-0.39, 0.29) is 23.6 Å². The molecule has 0 atom stereocenters. The van der Waals surface area contributed by atoms with Gasteiger partial charge in [-0.1, -0.05) is 30.3 Å². The lowest BCUT2D eigenvalue weighted by Gasteiger charge is -2.43. The summed E-state index contributed by atoms with van der Waals surface area (Å²) in [4.78, 5) is 27.0. The normalized spacial score (nSPS) is 17.3. The Morgan fingerprint density at radius 1 is 1.19 bits per heavy atom. The van der Waals surface area contributed by atoms with Crippen molar-refractivity contribution in [3.8, 4) is 0 Å². The Kier molecular flexibility index (Phi) is 6.50. The van der Waals surface area contributed by atoms with Crippen LogP contribution in [0.5, 0.6) is 0 Å². The molecule has 2 aromatic rings. The van der Waals surface area contributed by atoms with Crippen molar-refractivity contribution in [2.75, 3.05) is 19.6 Å². The molecule has 32 heavy (non-hydrogen) atoms. The van der Waals surface area contributed by atoms with E-state index < -0.39 is 0 Å². The summed E-state index contributed by atoms with van der Waals surface area (Å²) in [6, 6.07) is 10.2. The van der Waals surface area contributed by atoms with Gasteiger partial charge in [-0.05, 0) is 38.7 Å². The van der Waals surface area contributed by atoms with Gasteiger partial charge in [0.1, 0.15) is 0 Å². The van der Waals surface area contributed by atoms with Gasteiger partial charge in [0.25, 0.3) is 5.91 Å². The maximum atomic E-state index is 12.6. The van der Waals surface area contributed by atoms with Gasteiger partial charge in [0, 0.05) is 50.4 Å². The lowest BCUT2D eigenvalue weighted by Crippen LogP contribution is -2.53. The van der Waals surface area contributed by atoms with Crippen LogP contribution >= 0.6 is 0 Å². The van der Waals surface area contributed by atoms with Crippen LogP contribution < -0.4 is 10.6 Å². The first-order chi connectivity index (χ1) is 15.4. The van der Waals surface area contributed by atoms with Crippen molar-refractivity contribution in [3.05, 3.63) is 52.8 Å². The van der Waals surface area contributed by atoms with Crippen molar-refractivity contribution in [1.29, 1.82) is 0 Å². The van der Waals surface area contributed by atoms with Crippen LogP contribution in [0.15, 0.2) is 30.3 Å². The van der Waals surface area contributed by atoms with Crippen LogP contribution in [0.1, 0.15) is 54.0 Å². The number of carbonyl (C=O) groups is 2. The highest BCUT2D eigenvalue weighted by Crippen LogP contribution is 2.37. The maximum absolute atomic E-state index is 12.6. The second kappa shape index (κ2) is 9.32. The summed E-state index contributed by atoms with van der Waals surface area (Å²) in [5, 5.41) is 10.4. The molecule has 172 valence electrons. The van der Waals surface area contributed by atoms with E-state index in [9.17, 15) is 9.59 Å². The number of likely N-dealkylation sites (tertiary alicyclic amines) is 1. The minimum Gasteiger partial charge on any atom is -0.370 e. The number of benzene rings is 1. The van der Waals surface area contributed by atoms with E-state index in [4.69, 9.17) is 4.74 Å². The molecule has 0 aliphatic carbocycles. The number of aromatic nitrogens is 2. The number of carbonyl (C=O) groups excluding carboxylic acids is 2. The molecule has 1 fully saturated rings. The highest BCUT2D eigenvalue weighted by molar-refractivity contribution is 5.94. The molecular weight excluding hydrogens is 406 g/mol. The third-order valence-corrected chi connectivity index (χ3v) is 6.42. The van der Waals surface area contributed by atoms with Crippen LogP contribution in [0.25, 0.3) is 0 Å². The highest BCUT2D eigenvalue weighted by Gasteiger charge is 2.42. The summed E-state index contributed by atoms with van der Waals surface area (Å²) in [5.41, 5.74) is 3.33. The summed E-state index contributed by atoms with van der Waals surface area (Å²) < 4.78 is 8.13. The van der Waals surface area contributed by atoms with E-state index in [0.29, 0.717) is 38.4 Å². The fourth-order valence-electron chi connectivity index (χ4n) is 4.58. The first-order valence-electron chi connectivity index (χ1n) is 11.4. The van der Waals surface area contributed by atoms with E-state index in [1.165, 1.54) is 5.56 Å². The predicted molar refractivity (Wildman–Crippen MR) is 121 cm³/mol. The van der Waals surface area contributed by atoms with Crippen molar-refractivity contribution in [3.63, 3.8) is 0 Å². The zero-order valence-electron chi connectivity index (χ0n) is 19.2. The average Bonchev–Trinajstić information content (AvgIpc) is 3.10. The molecule has 0 saturated carbocycles. The molecule has 2 N–H and O–H groups in total. The van der Waals surface area contributed by atoms with Gasteiger partial charge in [0.15, 0.2) is 5.69 Å². The van der Waals surface area contributed by atoms with Crippen molar-refractivity contribution >= 4 is 11.9 Å². The van der Waals surface area contributed by atoms with E-state index in [2.05, 4.69) is 27.9 Å². The first kappa shape index (κ1) is 22.3. The Labute approximate surface area is 189 Å². The number of fused-ring (bicyclic) bond motifs is 1. The zero-order chi connectivity index (χ0) is 22.7. The van der Waals surface area contributed by atoms with Crippen LogP contribution in [0.4, 0.5) is 4.79 Å². The molecule has 0 radical (unpaired) electrons. The molecular formula is C24H33N5O3. The van der Waals surface area contributed by atoms with E-state index in [1.807, 2.05) is 48.7 Å². The molecule has 3 amide bonds. The highest BCUT2D eigenvalue weighted by atomic mass is 16.5. The number of amides is 3. The van der Waals surface area contributed by atoms with Crippen molar-refractivity contribution < 1.29 is 14.3 Å². The molecule has 8 nitrogen and oxygen atoms in total. The standard InChI is InChI=1S/C24H33N5O3/c1-17(2)26-22(30)21-19-16-32-24(15-20(19)28(3)27-21)10-13-29(14-11-24)23(31)25-12-9-18-7-5-4-6-8-18/h4-8,17H,9-16H2,1-3H3,(H,25,31)(H,26,30). The van der Waals surface area contributed by atoms with E-state index in [0.717, 1.165) is 30.5 Å². The molecule has 8 heteroatoms. The van der Waals surface area contributed by atoms with E-state index >= 15 is 0 Å². The maximum Gasteiger partial charge on any atom is 0.317 e. The summed E-state index contributed by atoms with van der Waals surface area (Å²) >= 11 is 0. The van der Waals surface area contributed by atoms with Crippen LogP contribution in [0, 0.1) is 0 Å². The van der Waals surface area contributed by atoms with Crippen molar-refractivity contribution in [1.82, 2.24) is 25.3 Å². The van der Waals surface area contributed by atoms with Crippen LogP contribution in [0.2, 0.25) is 0 Å². The summed E-state index contributed by atoms with van der Waals surface area (Å²) in [5.74, 6) is -0.154. The van der Waals surface area contributed by atoms with Gasteiger partial charge in [-0.3, -0.25) is 9.48 Å². The number of nitrogens with zero attached hydrogens (tertiary/aromatic N) is 3. The topological polar surface area (TPSA) is 88.5 Å². The third-order valence-electron chi connectivity index (χ3n) is 6.42. The van der Waals surface area contributed by atoms with E-state index in [1.54, 1.807) is 0 Å². The predicted octanol–water partition coefficient (Wildman–Crippen LogP) is 2.42. The number of piperidine rings is 1. The minimum absolute atomic E-state index is 0.0135. The Balaban J connectivity index is 1.32. The number of hydrogen-bond donors (Lipinski definition) is 2. The monoisotopic (exact) mass is 439 g/mol. The van der Waals surface area contributed by atoms with Gasteiger partial charge < -0.3 is 20.3 Å². The number of rotatable bonds is 5. The molecule has 1 spiro atoms. The molecule has 1 aromatic heterocycles. The van der Waals surface area contributed by atoms with Gasteiger partial charge in [-0.2, -0.15) is 5.10 Å². The largest absolute Gasteiger partial charge is 0.370 e. The average molecular weight is 440 g/mol. The summed E-state index contributed by atoms with van der Waals surface area (Å²) in [6.07, 6.45) is 3.09. The number of nitrogens with one attached hydrogen (secondary N) is 2. The molecule has 2 aliphatic heterocycles. The molecule has 2 aliphatic rings. The number of ether oxygens (including phenoxy) is 1. The smallest absolute Gasteiger partial charge is 0.317 e. The molecule has 0 unspecified atom stereocenters. The molecule has 1 aromatic carbocycles. The lowest BCUT2D eigenvalue weighted by atomic mass is 9.83. The Hall–Kier alpha value is -2.87. The molecule has 0 bridgehead atoms. The Morgan fingerprint density at radius 3 is 2.59 bits per heavy atom. The minimum atomic E-state index is -0.298. The third kappa shape index (κ3) is 4.80. The fourth-order valence-corrected chi connectivity index (χ4v) is 4.58. The lowest BCUT2D eigenvalue weighted by molar-refractivity contribution is -0.0982. The second-order valence-corrected chi connectivity index (χ2v) is 9.13. The fraction of sp³-hybridized carbons (Fsp3) is 0.542. The second-order valence-electron chi connectivity index (χ2n) is 9.13. The van der Waals surface area contributed by atoms with Crippen LogP contribution in [0.3, 0.4) is 0 Å². The number of hydrogen-bond acceptors (Lipinski definition) is 4. The van der Waals surface area contributed by atoms with Gasteiger partial charge in [-0.25, -0.2) is 4.79 Å². The number of aryl methyl sites for hydroxylation is 1. The van der Waals surface area contributed by atoms with Gasteiger partial charge in [-0.15, -0.1) is 0 Å². The van der Waals surface area contributed by atoms with Crippen molar-refractivity contribution in [2.24, 2.45) is 7.05 Å². The zero-order valence-corrected chi connectivity index (χ0v) is 19.2. The quantitative estimate of drug-likeness (QED) is 0.749. The number of urea groups is 1. The summed E-state index contributed by atoms with van der Waals surface area (Å²) in [7, 11) is 1.89. The summed E-state index contributed by atoms with van der Waals surface area (Å²) in [6.45, 7) is 6.19. The first-order valence-corrected chi connectivity index (χ1v) is 11.4. The molecule has 4 rings (SSSR count). The van der Waals surface area contributed by atoms with Crippen molar-refractivity contribution in [2.45, 2.75) is 57.8 Å². The van der Waals surface area contributed by atoms with Gasteiger partial charge >= 0.3 is 6.03 Å². The van der Waals surface area contributed by atoms with Gasteiger partial charge in [0.05, 0.1) is 12.2 Å². The van der Waals surface area contributed by atoms with Crippen LogP contribution in [-0.2, 0) is 31.2 Å². The Bertz CT molecular complexity index is 962. The molecule has 3 heterocycles. The Morgan fingerprint density at radius 2 is 1.91 bits per heavy atom.